The molecule has 2 heterocycles. The number of amides is 1. The largest absolute Gasteiger partial charge is 0.310 e. The lowest BCUT2D eigenvalue weighted by atomic mass is 10.2. The summed E-state index contributed by atoms with van der Waals surface area (Å²) in [7, 11) is 0. The zero-order valence-corrected chi connectivity index (χ0v) is 15.6. The Hall–Kier alpha value is -3.12. The number of aromatic nitrogens is 3. The molecule has 0 saturated carbocycles. The van der Waals surface area contributed by atoms with Crippen molar-refractivity contribution >= 4 is 34.4 Å². The van der Waals surface area contributed by atoms with E-state index in [1.54, 1.807) is 4.68 Å². The number of nitrogens with one attached hydrogen (secondary N) is 1. The molecule has 2 aromatic carbocycles. The molecule has 0 aliphatic heterocycles. The zero-order chi connectivity index (χ0) is 18.6. The van der Waals surface area contributed by atoms with Gasteiger partial charge in [-0.15, -0.1) is 0 Å². The number of rotatable bonds is 5. The summed E-state index contributed by atoms with van der Waals surface area (Å²) < 4.78 is 1.74. The molecular weight excluding hydrogens is 356 g/mol. The number of carbonyl (C=O) groups is 1. The highest BCUT2D eigenvalue weighted by molar-refractivity contribution is 7.99. The van der Waals surface area contributed by atoms with Crippen molar-refractivity contribution in [3.05, 3.63) is 78.5 Å². The van der Waals surface area contributed by atoms with Crippen molar-refractivity contribution in [2.24, 2.45) is 0 Å². The first-order valence-electron chi connectivity index (χ1n) is 8.59. The van der Waals surface area contributed by atoms with E-state index >= 15 is 0 Å². The van der Waals surface area contributed by atoms with Gasteiger partial charge in [-0.05, 0) is 31.2 Å². The number of hydrogen-bond acceptors (Lipinski definition) is 4. The number of para-hydroxylation sites is 2. The smallest absolute Gasteiger partial charge is 0.235 e. The summed E-state index contributed by atoms with van der Waals surface area (Å²) in [6.45, 7) is 1.91. The van der Waals surface area contributed by atoms with Crippen LogP contribution in [-0.2, 0) is 4.79 Å². The Morgan fingerprint density at radius 1 is 1.04 bits per heavy atom. The maximum Gasteiger partial charge on any atom is 0.235 e. The van der Waals surface area contributed by atoms with Gasteiger partial charge in [-0.2, -0.15) is 5.10 Å². The molecule has 0 atom stereocenters. The van der Waals surface area contributed by atoms with Gasteiger partial charge in [-0.3, -0.25) is 4.79 Å². The number of carbonyl (C=O) groups excluding carboxylic acids is 1. The molecule has 0 radical (unpaired) electrons. The molecule has 4 aromatic rings. The summed E-state index contributed by atoms with van der Waals surface area (Å²) in [6.07, 6.45) is 0. The van der Waals surface area contributed by atoms with Crippen LogP contribution >= 0.6 is 11.8 Å². The van der Waals surface area contributed by atoms with Crippen molar-refractivity contribution in [1.82, 2.24) is 14.8 Å². The Kier molecular flexibility index (Phi) is 4.89. The summed E-state index contributed by atoms with van der Waals surface area (Å²) in [6, 6.07) is 23.5. The normalized spacial score (nSPS) is 10.9. The molecule has 1 amide bonds. The molecule has 134 valence electrons. The molecule has 0 aliphatic carbocycles. The van der Waals surface area contributed by atoms with Crippen LogP contribution in [0.5, 0.6) is 0 Å². The average molecular weight is 374 g/mol. The molecule has 5 nitrogen and oxygen atoms in total. The molecule has 0 spiro atoms. The van der Waals surface area contributed by atoms with Crippen LogP contribution in [0.1, 0.15) is 5.69 Å². The van der Waals surface area contributed by atoms with Gasteiger partial charge in [0.05, 0.1) is 27.7 Å². The first kappa shape index (κ1) is 17.3. The number of pyridine rings is 1. The van der Waals surface area contributed by atoms with Crippen molar-refractivity contribution in [1.29, 1.82) is 0 Å². The van der Waals surface area contributed by atoms with Gasteiger partial charge < -0.3 is 5.32 Å². The van der Waals surface area contributed by atoms with Crippen LogP contribution in [0.3, 0.4) is 0 Å². The Morgan fingerprint density at radius 3 is 2.67 bits per heavy atom. The van der Waals surface area contributed by atoms with Crippen LogP contribution in [0.15, 0.2) is 77.8 Å². The van der Waals surface area contributed by atoms with E-state index in [1.165, 1.54) is 11.8 Å². The Labute approximate surface area is 161 Å². The lowest BCUT2D eigenvalue weighted by molar-refractivity contribution is -0.113. The Balaban J connectivity index is 1.45. The minimum Gasteiger partial charge on any atom is -0.310 e. The maximum absolute atomic E-state index is 12.4. The number of nitrogens with zero attached hydrogens (tertiary/aromatic N) is 3. The third-order valence-corrected chi connectivity index (χ3v) is 4.95. The first-order valence-corrected chi connectivity index (χ1v) is 9.58. The van der Waals surface area contributed by atoms with Crippen LogP contribution in [0, 0.1) is 6.92 Å². The highest BCUT2D eigenvalue weighted by Crippen LogP contribution is 2.21. The molecule has 0 saturated heterocycles. The fourth-order valence-electron chi connectivity index (χ4n) is 2.80. The summed E-state index contributed by atoms with van der Waals surface area (Å²) in [4.78, 5) is 17.0. The quantitative estimate of drug-likeness (QED) is 0.524. The molecular formula is C21H18N4OS. The van der Waals surface area contributed by atoms with Crippen LogP contribution in [-0.4, -0.2) is 26.4 Å². The second kappa shape index (κ2) is 7.63. The van der Waals surface area contributed by atoms with Crippen molar-refractivity contribution in [2.75, 3.05) is 11.1 Å². The molecule has 0 unspecified atom stereocenters. The van der Waals surface area contributed by atoms with Crippen molar-refractivity contribution in [3.63, 3.8) is 0 Å². The summed E-state index contributed by atoms with van der Waals surface area (Å²) in [5, 5.41) is 9.34. The Morgan fingerprint density at radius 2 is 1.81 bits per heavy atom. The van der Waals surface area contributed by atoms with Gasteiger partial charge in [-0.25, -0.2) is 9.67 Å². The molecule has 0 fully saturated rings. The lowest BCUT2D eigenvalue weighted by Gasteiger charge is -2.09. The number of aryl methyl sites for hydroxylation is 1. The first-order chi connectivity index (χ1) is 13.2. The van der Waals surface area contributed by atoms with Gasteiger partial charge in [0.25, 0.3) is 0 Å². The standard InChI is InChI=1S/C21H18N4OS/c1-15-13-19(25(24-15)17-8-3-2-4-9-17)23-20(26)14-27-21-12-11-16-7-5-6-10-18(16)22-21/h2-13H,14H2,1H3,(H,23,26). The number of fused-ring (bicyclic) bond motifs is 1. The highest BCUT2D eigenvalue weighted by Gasteiger charge is 2.11. The van der Waals surface area contributed by atoms with Gasteiger partial charge in [0.2, 0.25) is 5.91 Å². The van der Waals surface area contributed by atoms with Crippen LogP contribution < -0.4 is 5.32 Å². The van der Waals surface area contributed by atoms with Crippen LogP contribution in [0.25, 0.3) is 16.6 Å². The van der Waals surface area contributed by atoms with E-state index in [0.29, 0.717) is 5.82 Å². The van der Waals surface area contributed by atoms with Crippen LogP contribution in [0.4, 0.5) is 5.82 Å². The van der Waals surface area contributed by atoms with E-state index in [-0.39, 0.29) is 11.7 Å². The lowest BCUT2D eigenvalue weighted by Crippen LogP contribution is -2.17. The van der Waals surface area contributed by atoms with E-state index in [1.807, 2.05) is 79.7 Å². The van der Waals surface area contributed by atoms with Crippen molar-refractivity contribution in [3.8, 4) is 5.69 Å². The molecule has 27 heavy (non-hydrogen) atoms. The van der Waals surface area contributed by atoms with E-state index in [4.69, 9.17) is 0 Å². The third kappa shape index (κ3) is 4.01. The van der Waals surface area contributed by atoms with E-state index in [0.717, 1.165) is 27.3 Å². The summed E-state index contributed by atoms with van der Waals surface area (Å²) in [5.74, 6) is 0.854. The summed E-state index contributed by atoms with van der Waals surface area (Å²) in [5.41, 5.74) is 2.68. The minimum atomic E-state index is -0.0907. The van der Waals surface area contributed by atoms with E-state index in [2.05, 4.69) is 15.4 Å². The van der Waals surface area contributed by atoms with Crippen molar-refractivity contribution < 1.29 is 4.79 Å². The number of thioether (sulfide) groups is 1. The average Bonchev–Trinajstić information content (AvgIpc) is 3.07. The molecule has 1 N–H and O–H groups in total. The fourth-order valence-corrected chi connectivity index (χ4v) is 3.48. The van der Waals surface area contributed by atoms with Gasteiger partial charge in [-0.1, -0.05) is 54.2 Å². The van der Waals surface area contributed by atoms with E-state index in [9.17, 15) is 4.79 Å². The Bertz CT molecular complexity index is 1090. The highest BCUT2D eigenvalue weighted by atomic mass is 32.2. The maximum atomic E-state index is 12.4. The fraction of sp³-hybridized carbons (Fsp3) is 0.0952. The third-order valence-electron chi connectivity index (χ3n) is 4.02. The second-order valence-electron chi connectivity index (χ2n) is 6.10. The topological polar surface area (TPSA) is 59.8 Å². The van der Waals surface area contributed by atoms with Gasteiger partial charge in [0.1, 0.15) is 5.82 Å². The van der Waals surface area contributed by atoms with Gasteiger partial charge in [0, 0.05) is 11.5 Å². The van der Waals surface area contributed by atoms with Gasteiger partial charge in [0.15, 0.2) is 0 Å². The number of hydrogen-bond donors (Lipinski definition) is 1. The van der Waals surface area contributed by atoms with Crippen molar-refractivity contribution in [2.45, 2.75) is 11.9 Å². The molecule has 0 aliphatic rings. The number of anilines is 1. The summed E-state index contributed by atoms with van der Waals surface area (Å²) >= 11 is 1.42. The predicted octanol–water partition coefficient (Wildman–Crippen LogP) is 4.46. The van der Waals surface area contributed by atoms with E-state index < -0.39 is 0 Å². The molecule has 2 aromatic heterocycles. The minimum absolute atomic E-state index is 0.0907. The molecule has 6 heteroatoms. The monoisotopic (exact) mass is 374 g/mol. The van der Waals surface area contributed by atoms with Crippen LogP contribution in [0.2, 0.25) is 0 Å². The zero-order valence-electron chi connectivity index (χ0n) is 14.8. The number of benzene rings is 2. The van der Waals surface area contributed by atoms with Gasteiger partial charge >= 0.3 is 0 Å². The molecule has 0 bridgehead atoms. The second-order valence-corrected chi connectivity index (χ2v) is 7.09. The molecule has 4 rings (SSSR count). The predicted molar refractivity (Wildman–Crippen MR) is 109 cm³/mol. The SMILES string of the molecule is Cc1cc(NC(=O)CSc2ccc3ccccc3n2)n(-c2ccccc2)n1.